The zero-order valence-electron chi connectivity index (χ0n) is 12.9. The van der Waals surface area contributed by atoms with Crippen molar-refractivity contribution in [2.45, 2.75) is 57.1 Å². The van der Waals surface area contributed by atoms with Crippen LogP contribution in [0.25, 0.3) is 0 Å². The lowest BCUT2D eigenvalue weighted by atomic mass is 9.83. The molecule has 0 spiro atoms. The van der Waals surface area contributed by atoms with Gasteiger partial charge in [-0.25, -0.2) is 0 Å². The van der Waals surface area contributed by atoms with Crippen LogP contribution < -0.4 is 10.6 Å². The molecule has 2 N–H and O–H groups in total. The average Bonchev–Trinajstić information content (AvgIpc) is 3.11. The summed E-state index contributed by atoms with van der Waals surface area (Å²) in [5.41, 5.74) is 0.528. The molecule has 1 aliphatic heterocycles. The third-order valence-electron chi connectivity index (χ3n) is 4.79. The van der Waals surface area contributed by atoms with Crippen molar-refractivity contribution in [3.63, 3.8) is 0 Å². The maximum atomic E-state index is 4.36. The molecule has 1 aliphatic carbocycles. The Hall–Kier alpha value is 0.350. The van der Waals surface area contributed by atoms with Gasteiger partial charge in [-0.05, 0) is 43.3 Å². The maximum absolute atomic E-state index is 4.36. The monoisotopic (exact) mass is 411 g/mol. The molecule has 1 saturated carbocycles. The van der Waals surface area contributed by atoms with Gasteiger partial charge in [-0.1, -0.05) is 19.8 Å². The summed E-state index contributed by atoms with van der Waals surface area (Å²) < 4.78 is 0. The van der Waals surface area contributed by atoms with Gasteiger partial charge in [0.2, 0.25) is 0 Å². The minimum Gasteiger partial charge on any atom is -0.356 e. The Balaban J connectivity index is 0.00000200. The number of aliphatic imine (C=N–C) groups is 1. The average molecular weight is 411 g/mol. The van der Waals surface area contributed by atoms with Crippen LogP contribution in [0.1, 0.15) is 51.9 Å². The van der Waals surface area contributed by atoms with Crippen LogP contribution in [-0.4, -0.2) is 37.1 Å². The highest BCUT2D eigenvalue weighted by Crippen LogP contribution is 2.40. The van der Waals surface area contributed by atoms with Gasteiger partial charge in [0, 0.05) is 25.4 Å². The molecule has 2 aliphatic rings. The van der Waals surface area contributed by atoms with Crippen molar-refractivity contribution in [3.8, 4) is 0 Å². The van der Waals surface area contributed by atoms with E-state index in [4.69, 9.17) is 0 Å². The van der Waals surface area contributed by atoms with Crippen molar-refractivity contribution >= 4 is 41.7 Å². The summed E-state index contributed by atoms with van der Waals surface area (Å²) in [6.07, 6.45) is 9.59. The summed E-state index contributed by atoms with van der Waals surface area (Å²) in [4.78, 5) is 4.36. The van der Waals surface area contributed by atoms with Crippen LogP contribution >= 0.6 is 35.7 Å². The lowest BCUT2D eigenvalue weighted by Gasteiger charge is -2.28. The van der Waals surface area contributed by atoms with E-state index in [2.05, 4.69) is 34.3 Å². The Morgan fingerprint density at radius 2 is 2.00 bits per heavy atom. The van der Waals surface area contributed by atoms with Crippen molar-refractivity contribution < 1.29 is 0 Å². The third kappa shape index (κ3) is 5.28. The largest absolute Gasteiger partial charge is 0.356 e. The fraction of sp³-hybridized carbons (Fsp3) is 0.933. The molecule has 0 bridgehead atoms. The number of rotatable bonds is 5. The zero-order valence-corrected chi connectivity index (χ0v) is 16.1. The molecule has 0 aromatic rings. The number of nitrogens with one attached hydrogen (secondary N) is 2. The van der Waals surface area contributed by atoms with Gasteiger partial charge in [-0.2, -0.15) is 11.8 Å². The number of nitrogens with zero attached hydrogens (tertiary/aromatic N) is 1. The van der Waals surface area contributed by atoms with Crippen molar-refractivity contribution in [2.24, 2.45) is 10.4 Å². The highest BCUT2D eigenvalue weighted by molar-refractivity contribution is 14.0. The van der Waals surface area contributed by atoms with E-state index in [0.717, 1.165) is 24.3 Å². The second-order valence-corrected chi connectivity index (χ2v) is 7.41. The van der Waals surface area contributed by atoms with Crippen LogP contribution in [0.15, 0.2) is 4.99 Å². The van der Waals surface area contributed by atoms with Crippen molar-refractivity contribution in [2.75, 3.05) is 25.9 Å². The van der Waals surface area contributed by atoms with Gasteiger partial charge in [0.25, 0.3) is 0 Å². The van der Waals surface area contributed by atoms with Crippen LogP contribution in [0.5, 0.6) is 0 Å². The fourth-order valence-electron chi connectivity index (χ4n) is 3.29. The first-order valence-electron chi connectivity index (χ1n) is 7.84. The fourth-order valence-corrected chi connectivity index (χ4v) is 4.49. The molecule has 2 rings (SSSR count). The van der Waals surface area contributed by atoms with E-state index in [9.17, 15) is 0 Å². The molecule has 0 radical (unpaired) electrons. The maximum Gasteiger partial charge on any atom is 0.191 e. The second kappa shape index (κ2) is 9.38. The quantitative estimate of drug-likeness (QED) is 0.412. The van der Waals surface area contributed by atoms with Gasteiger partial charge in [0.15, 0.2) is 5.96 Å². The molecule has 20 heavy (non-hydrogen) atoms. The molecule has 0 aromatic heterocycles. The standard InChI is InChI=1S/C15H29N3S.HI/c1-3-15(8-4-5-9-15)12-18-14(16-2)17-11-13-7-6-10-19-13;/h13H,3-12H2,1-2H3,(H2,16,17,18);1H. The highest BCUT2D eigenvalue weighted by atomic mass is 127. The summed E-state index contributed by atoms with van der Waals surface area (Å²) in [5, 5.41) is 7.83. The molecular formula is C15H30IN3S. The van der Waals surface area contributed by atoms with Crippen LogP contribution in [-0.2, 0) is 0 Å². The van der Waals surface area contributed by atoms with Gasteiger partial charge in [-0.15, -0.1) is 24.0 Å². The molecule has 2 fully saturated rings. The Bertz CT molecular complexity index is 297. The van der Waals surface area contributed by atoms with Crippen LogP contribution in [0.2, 0.25) is 0 Å². The van der Waals surface area contributed by atoms with Crippen LogP contribution in [0, 0.1) is 5.41 Å². The summed E-state index contributed by atoms with van der Waals surface area (Å²) in [6, 6.07) is 0. The molecule has 1 atom stereocenters. The van der Waals surface area contributed by atoms with E-state index < -0.39 is 0 Å². The molecule has 1 saturated heterocycles. The first-order valence-corrected chi connectivity index (χ1v) is 8.89. The van der Waals surface area contributed by atoms with Gasteiger partial charge >= 0.3 is 0 Å². The summed E-state index contributed by atoms with van der Waals surface area (Å²) >= 11 is 2.10. The Morgan fingerprint density at radius 3 is 2.55 bits per heavy atom. The normalized spacial score (nSPS) is 25.3. The Morgan fingerprint density at radius 1 is 1.25 bits per heavy atom. The van der Waals surface area contributed by atoms with Gasteiger partial charge < -0.3 is 10.6 Å². The number of halogens is 1. The Labute approximate surface area is 145 Å². The number of guanidine groups is 1. The lowest BCUT2D eigenvalue weighted by molar-refractivity contribution is 0.283. The number of hydrogen-bond acceptors (Lipinski definition) is 2. The molecule has 0 amide bonds. The van der Waals surface area contributed by atoms with E-state index in [1.807, 2.05) is 7.05 Å². The first-order chi connectivity index (χ1) is 9.28. The van der Waals surface area contributed by atoms with Crippen molar-refractivity contribution in [1.29, 1.82) is 0 Å². The van der Waals surface area contributed by atoms with Gasteiger partial charge in [-0.3, -0.25) is 4.99 Å². The number of hydrogen-bond donors (Lipinski definition) is 2. The topological polar surface area (TPSA) is 36.4 Å². The minimum absolute atomic E-state index is 0. The molecular weight excluding hydrogens is 381 g/mol. The summed E-state index contributed by atoms with van der Waals surface area (Å²) in [5.74, 6) is 2.32. The van der Waals surface area contributed by atoms with Gasteiger partial charge in [0.05, 0.1) is 0 Å². The van der Waals surface area contributed by atoms with Crippen molar-refractivity contribution in [3.05, 3.63) is 0 Å². The SMILES string of the molecule is CCC1(CNC(=NC)NCC2CCCS2)CCCC1.I. The molecule has 1 unspecified atom stereocenters. The second-order valence-electron chi connectivity index (χ2n) is 6.00. The lowest BCUT2D eigenvalue weighted by Crippen LogP contribution is -2.44. The minimum atomic E-state index is 0. The molecule has 0 aromatic carbocycles. The van der Waals surface area contributed by atoms with E-state index >= 15 is 0 Å². The van der Waals surface area contributed by atoms with E-state index in [1.54, 1.807) is 0 Å². The summed E-state index contributed by atoms with van der Waals surface area (Å²) in [6.45, 7) is 4.48. The predicted molar refractivity (Wildman–Crippen MR) is 101 cm³/mol. The van der Waals surface area contributed by atoms with Crippen molar-refractivity contribution in [1.82, 2.24) is 10.6 Å². The first kappa shape index (κ1) is 18.4. The highest BCUT2D eigenvalue weighted by Gasteiger charge is 2.31. The van der Waals surface area contributed by atoms with Crippen LogP contribution in [0.3, 0.4) is 0 Å². The van der Waals surface area contributed by atoms with E-state index in [0.29, 0.717) is 5.41 Å². The van der Waals surface area contributed by atoms with Gasteiger partial charge in [0.1, 0.15) is 0 Å². The smallest absolute Gasteiger partial charge is 0.191 e. The van der Waals surface area contributed by atoms with E-state index in [-0.39, 0.29) is 24.0 Å². The third-order valence-corrected chi connectivity index (χ3v) is 6.19. The molecule has 1 heterocycles. The molecule has 5 heteroatoms. The summed E-state index contributed by atoms with van der Waals surface area (Å²) in [7, 11) is 1.88. The van der Waals surface area contributed by atoms with Crippen LogP contribution in [0.4, 0.5) is 0 Å². The number of thioether (sulfide) groups is 1. The Kier molecular flexibility index (Phi) is 8.63. The predicted octanol–water partition coefficient (Wildman–Crippen LogP) is 3.64. The molecule has 3 nitrogen and oxygen atoms in total. The van der Waals surface area contributed by atoms with E-state index in [1.165, 1.54) is 50.7 Å². The molecule has 118 valence electrons. The zero-order chi connectivity index (χ0) is 13.6.